The van der Waals surface area contributed by atoms with Crippen molar-refractivity contribution in [1.82, 2.24) is 0 Å². The molecule has 0 saturated carbocycles. The molecule has 19 heavy (non-hydrogen) atoms. The van der Waals surface area contributed by atoms with Gasteiger partial charge in [-0.15, -0.1) is 0 Å². The Morgan fingerprint density at radius 3 is 1.63 bits per heavy atom. The van der Waals surface area contributed by atoms with Crippen LogP contribution in [0.3, 0.4) is 0 Å². The van der Waals surface area contributed by atoms with Gasteiger partial charge in [0.25, 0.3) is 17.9 Å². The Morgan fingerprint density at radius 1 is 0.895 bits per heavy atom. The first-order valence-corrected chi connectivity index (χ1v) is 4.34. The van der Waals surface area contributed by atoms with Crippen LogP contribution in [-0.2, 0) is 28.6 Å². The smallest absolute Gasteiger partial charge is 0.278 e. The monoisotopic (exact) mass is 1030 g/mol. The molecule has 0 radical (unpaired) electrons. The van der Waals surface area contributed by atoms with E-state index in [1.165, 1.54) is 6.92 Å². The first kappa shape index (κ1) is 23.9. The summed E-state index contributed by atoms with van der Waals surface area (Å²) >= 11 is 0. The predicted molar refractivity (Wildman–Crippen MR) is 51.6 cm³/mol. The van der Waals surface area contributed by atoms with E-state index in [9.17, 15) is 14.4 Å². The van der Waals surface area contributed by atoms with Crippen LogP contribution in [0.1, 0.15) is 13.3 Å². The van der Waals surface area contributed by atoms with Gasteiger partial charge in [-0.3, -0.25) is 14.4 Å². The molecule has 0 aromatic carbocycles. The van der Waals surface area contributed by atoms with E-state index in [4.69, 9.17) is 0 Å². The number of hydrogen-bond acceptors (Lipinski definition) is 6. The summed E-state index contributed by atoms with van der Waals surface area (Å²) in [5.74, 6) is -4.18. The number of esters is 3. The molecule has 0 aliphatic heterocycles. The van der Waals surface area contributed by atoms with Gasteiger partial charge in [0, 0.05) is 0 Å². The normalized spacial score (nSPS) is 11.4. The fraction of sp³-hybridized carbons (Fsp3) is 0.400. The fourth-order valence-electron chi connectivity index (χ4n) is 1.11. The fourth-order valence-corrected chi connectivity index (χ4v) is 1.11. The molecule has 0 aromatic heterocycles. The summed E-state index contributed by atoms with van der Waals surface area (Å²) in [4.78, 5) is 33.4. The second kappa shape index (κ2) is 9.95. The summed E-state index contributed by atoms with van der Waals surface area (Å²) in [7, 11) is 8.75. The Morgan fingerprint density at radius 2 is 1.32 bits per heavy atom. The maximum absolute atomic E-state index is 11.3. The van der Waals surface area contributed by atoms with Gasteiger partial charge in [-0.2, -0.15) is 21.3 Å². The molecule has 9 heteroatoms. The van der Waals surface area contributed by atoms with Crippen molar-refractivity contribution in [1.29, 1.82) is 0 Å². The van der Waals surface area contributed by atoms with Crippen molar-refractivity contribution < 1.29 is 28.6 Å². The number of ether oxygens (including phenoxy) is 3. The van der Waals surface area contributed by atoms with E-state index < -0.39 is 29.7 Å². The van der Waals surface area contributed by atoms with E-state index >= 15 is 0 Å². The SMILES string of the molecule is [CH2-]OC(=O)CC(C(=O)O[CH2-])C(C)C(=O)O[CH2-].[Rf].[Rf].[Rf]. The van der Waals surface area contributed by atoms with Crippen LogP contribution in [0, 0.1) is 33.2 Å². The van der Waals surface area contributed by atoms with Gasteiger partial charge in [0.1, 0.15) is 0 Å². The van der Waals surface area contributed by atoms with Crippen LogP contribution in [0.4, 0.5) is 0 Å². The van der Waals surface area contributed by atoms with Crippen LogP contribution in [0.5, 0.6) is 0 Å². The van der Waals surface area contributed by atoms with Crippen LogP contribution in [0.25, 0.3) is 0 Å². The molecule has 0 aliphatic rings. The quantitative estimate of drug-likeness (QED) is 0.229. The molecule has 0 aromatic rings. The van der Waals surface area contributed by atoms with Crippen molar-refractivity contribution in [2.75, 3.05) is 0 Å². The van der Waals surface area contributed by atoms with Gasteiger partial charge in [-0.05, 0) is 0 Å². The van der Waals surface area contributed by atoms with E-state index in [0.29, 0.717) is 0 Å². The van der Waals surface area contributed by atoms with Crippen molar-refractivity contribution in [3.63, 3.8) is 0 Å². The minimum atomic E-state index is -1.03. The van der Waals surface area contributed by atoms with E-state index in [2.05, 4.69) is 35.5 Å². The first-order valence-electron chi connectivity index (χ1n) is 4.34. The minimum Gasteiger partial charge on any atom is -0.640 e. The average molecular weight is 1030 g/mol. The zero-order chi connectivity index (χ0) is 12.7. The van der Waals surface area contributed by atoms with Gasteiger partial charge in [-0.25, -0.2) is 0 Å². The third-order valence-corrected chi connectivity index (χ3v) is 2.11. The van der Waals surface area contributed by atoms with Crippen molar-refractivity contribution in [3.05, 3.63) is 21.3 Å². The van der Waals surface area contributed by atoms with Crippen molar-refractivity contribution in [2.24, 2.45) is 11.8 Å². The summed E-state index contributed by atoms with van der Waals surface area (Å²) < 4.78 is 12.6. The van der Waals surface area contributed by atoms with Crippen LogP contribution in [-0.4, -0.2) is 17.9 Å². The Bertz CT molecular complexity index is 284. The van der Waals surface area contributed by atoms with Gasteiger partial charge in [0.15, 0.2) is 0 Å². The Balaban J connectivity index is -0.000000375. The molecule has 6 nitrogen and oxygen atoms in total. The molecule has 0 amide bonds. The van der Waals surface area contributed by atoms with Crippen LogP contribution >= 0.6 is 0 Å². The number of rotatable bonds is 5. The molecular formula is C10H13O6Rf3-3. The van der Waals surface area contributed by atoms with Gasteiger partial charge in [0.2, 0.25) is 0 Å². The largest absolute Gasteiger partial charge is 0.640 e. The third kappa shape index (κ3) is 5.76. The molecule has 0 fully saturated rings. The van der Waals surface area contributed by atoms with Gasteiger partial charge < -0.3 is 14.2 Å². The zero-order valence-corrected chi connectivity index (χ0v) is 30.3. The van der Waals surface area contributed by atoms with Crippen LogP contribution in [0.2, 0.25) is 0 Å². The molecular weight excluding hydrogens is 1020 g/mol. The van der Waals surface area contributed by atoms with Crippen LogP contribution in [0.15, 0.2) is 0 Å². The summed E-state index contributed by atoms with van der Waals surface area (Å²) in [6.07, 6.45) is -0.339. The van der Waals surface area contributed by atoms with Gasteiger partial charge in [0.05, 0.1) is 18.3 Å². The molecule has 0 spiro atoms. The van der Waals surface area contributed by atoms with Gasteiger partial charge in [-0.1, -0.05) is 6.92 Å². The first-order chi connectivity index (χ1) is 7.47. The second-order valence-corrected chi connectivity index (χ2v) is 3.04. The Hall–Kier alpha value is -4.59. The molecule has 2 unspecified atom stereocenters. The molecule has 0 heterocycles. The maximum atomic E-state index is 11.3. The van der Waals surface area contributed by atoms with E-state index in [-0.39, 0.29) is 6.42 Å². The number of carbonyl (C=O) groups excluding carboxylic acids is 3. The Kier molecular flexibility index (Phi) is 12.5. The molecule has 2 atom stereocenters. The third-order valence-electron chi connectivity index (χ3n) is 2.11. The molecule has 0 saturated heterocycles. The summed E-state index contributed by atoms with van der Waals surface area (Å²) in [6.45, 7) is 1.41. The molecule has 0 aliphatic carbocycles. The van der Waals surface area contributed by atoms with Crippen LogP contribution < -0.4 is 0 Å². The maximum Gasteiger partial charge on any atom is 0.278 e. The molecule has 0 rings (SSSR count). The number of hydrogen-bond donors (Lipinski definition) is 0. The van der Waals surface area contributed by atoms with Gasteiger partial charge >= 0.3 is 0 Å². The average Bonchev–Trinajstić information content (AvgIpc) is 2.32. The summed E-state index contributed by atoms with van der Waals surface area (Å²) in [5.41, 5.74) is 0. The van der Waals surface area contributed by atoms with Crippen molar-refractivity contribution in [2.45, 2.75) is 13.3 Å². The molecule has 0 N–H and O–H groups in total. The zero-order valence-electron chi connectivity index (χ0n) is 11.1. The summed E-state index contributed by atoms with van der Waals surface area (Å²) in [5, 5.41) is 0. The minimum absolute atomic E-state index is 0. The molecule has 0 bridgehead atoms. The summed E-state index contributed by atoms with van der Waals surface area (Å²) in [6, 6.07) is 0. The van der Waals surface area contributed by atoms with Crippen molar-refractivity contribution in [3.8, 4) is 0 Å². The van der Waals surface area contributed by atoms with E-state index in [1.54, 1.807) is 0 Å². The number of carbonyl (C=O) groups is 3. The van der Waals surface area contributed by atoms with E-state index in [0.717, 1.165) is 0 Å². The predicted octanol–water partition coefficient (Wildman–Crippen LogP) is 0.633. The molecule has 98 valence electrons. The second-order valence-electron chi connectivity index (χ2n) is 3.04. The Labute approximate surface area is 93.8 Å². The van der Waals surface area contributed by atoms with E-state index in [1.807, 2.05) is 0 Å². The topological polar surface area (TPSA) is 78.9 Å². The standard InChI is InChI=1S/C10H13O6.3Rf/c1-6(9(12)15-3)7(10(13)16-4)5-8(11)14-2;;;/h6-7H,2-5H2,1H3;;;/q-3;;;. The van der Waals surface area contributed by atoms with Crippen molar-refractivity contribution >= 4 is 17.9 Å².